The first kappa shape index (κ1) is 11.2. The molecular formula is C13H10N6. The number of benzene rings is 1. The summed E-state index contributed by atoms with van der Waals surface area (Å²) in [7, 11) is 0. The van der Waals surface area contributed by atoms with Gasteiger partial charge in [-0.05, 0) is 6.07 Å². The number of nitrogens with two attached hydrogens (primary N) is 1. The molecule has 6 nitrogen and oxygen atoms in total. The minimum absolute atomic E-state index is 0.398. The lowest BCUT2D eigenvalue weighted by molar-refractivity contribution is 0.945. The highest BCUT2D eigenvalue weighted by Gasteiger charge is 2.13. The largest absolute Gasteiger partial charge is 0.397 e. The van der Waals surface area contributed by atoms with Crippen LogP contribution in [-0.4, -0.2) is 20.2 Å². The maximum absolute atomic E-state index is 9.27. The van der Waals surface area contributed by atoms with Crippen molar-refractivity contribution < 1.29 is 0 Å². The van der Waals surface area contributed by atoms with Crippen LogP contribution in [0.4, 0.5) is 5.69 Å². The van der Waals surface area contributed by atoms with Gasteiger partial charge in [0.05, 0.1) is 28.9 Å². The molecule has 1 aromatic carbocycles. The average Bonchev–Trinajstić information content (AvgIpc) is 2.92. The number of anilines is 1. The number of nitriles is 1. The van der Waals surface area contributed by atoms with Gasteiger partial charge in [-0.3, -0.25) is 10.1 Å². The highest BCUT2D eigenvalue weighted by atomic mass is 15.2. The second-order valence-corrected chi connectivity index (χ2v) is 4.09. The molecule has 0 aliphatic heterocycles. The van der Waals surface area contributed by atoms with Crippen molar-refractivity contribution in [2.24, 2.45) is 0 Å². The minimum Gasteiger partial charge on any atom is -0.397 e. The first-order valence-corrected chi connectivity index (χ1v) is 5.71. The minimum atomic E-state index is 0.398. The molecule has 0 aliphatic carbocycles. The zero-order valence-electron chi connectivity index (χ0n) is 9.96. The van der Waals surface area contributed by atoms with Crippen molar-refractivity contribution >= 4 is 16.6 Å². The molecule has 0 fully saturated rings. The van der Waals surface area contributed by atoms with Gasteiger partial charge in [0, 0.05) is 5.39 Å². The summed E-state index contributed by atoms with van der Waals surface area (Å²) in [5.41, 5.74) is 8.29. The first-order valence-electron chi connectivity index (χ1n) is 5.71. The zero-order chi connectivity index (χ0) is 13.2. The Balaban J connectivity index is 2.21. The third kappa shape index (κ3) is 1.87. The molecule has 0 saturated carbocycles. The summed E-state index contributed by atoms with van der Waals surface area (Å²) in [4.78, 5) is 8.53. The molecule has 0 amide bonds. The van der Waals surface area contributed by atoms with E-state index in [0.29, 0.717) is 29.2 Å². The lowest BCUT2D eigenvalue weighted by atomic mass is 10.0. The van der Waals surface area contributed by atoms with Gasteiger partial charge in [-0.15, -0.1) is 0 Å². The van der Waals surface area contributed by atoms with Gasteiger partial charge >= 0.3 is 0 Å². The Hall–Kier alpha value is -2.94. The quantitative estimate of drug-likeness (QED) is 0.715. The van der Waals surface area contributed by atoms with Gasteiger partial charge in [-0.1, -0.05) is 18.2 Å². The van der Waals surface area contributed by atoms with Gasteiger partial charge in [-0.25, -0.2) is 4.98 Å². The lowest BCUT2D eigenvalue weighted by Crippen LogP contribution is -2.03. The smallest absolute Gasteiger partial charge is 0.137 e. The molecule has 3 rings (SSSR count). The Morgan fingerprint density at radius 3 is 2.89 bits per heavy atom. The van der Waals surface area contributed by atoms with Crippen molar-refractivity contribution in [2.45, 2.75) is 6.42 Å². The van der Waals surface area contributed by atoms with Gasteiger partial charge in [-0.2, -0.15) is 10.4 Å². The van der Waals surface area contributed by atoms with Gasteiger partial charge in [0.1, 0.15) is 18.2 Å². The Morgan fingerprint density at radius 2 is 2.16 bits per heavy atom. The maximum Gasteiger partial charge on any atom is 0.137 e. The number of aromatic amines is 1. The molecule has 2 aromatic heterocycles. The Labute approximate surface area is 108 Å². The normalized spacial score (nSPS) is 10.5. The van der Waals surface area contributed by atoms with Gasteiger partial charge < -0.3 is 5.73 Å². The summed E-state index contributed by atoms with van der Waals surface area (Å²) in [5, 5.41) is 16.6. The second-order valence-electron chi connectivity index (χ2n) is 4.09. The number of hydrogen-bond donors (Lipinski definition) is 2. The van der Waals surface area contributed by atoms with Crippen LogP contribution in [0.5, 0.6) is 0 Å². The summed E-state index contributed by atoms with van der Waals surface area (Å²) in [6.45, 7) is 0. The van der Waals surface area contributed by atoms with E-state index in [9.17, 15) is 5.26 Å². The zero-order valence-corrected chi connectivity index (χ0v) is 9.96. The number of nitrogens with zero attached hydrogens (tertiary/aromatic N) is 4. The number of aromatic nitrogens is 4. The van der Waals surface area contributed by atoms with E-state index in [2.05, 4.69) is 26.2 Å². The third-order valence-corrected chi connectivity index (χ3v) is 2.92. The summed E-state index contributed by atoms with van der Waals surface area (Å²) >= 11 is 0. The molecular weight excluding hydrogens is 240 g/mol. The molecule has 0 atom stereocenters. The van der Waals surface area contributed by atoms with Gasteiger partial charge in [0.15, 0.2) is 0 Å². The number of nitrogen functional groups attached to an aromatic ring is 1. The van der Waals surface area contributed by atoms with Gasteiger partial charge in [0.25, 0.3) is 0 Å². The van der Waals surface area contributed by atoms with Crippen molar-refractivity contribution in [3.63, 3.8) is 0 Å². The Kier molecular flexibility index (Phi) is 2.58. The van der Waals surface area contributed by atoms with Crippen LogP contribution in [0, 0.1) is 11.3 Å². The predicted molar refractivity (Wildman–Crippen MR) is 70.1 cm³/mol. The highest BCUT2D eigenvalue weighted by Crippen LogP contribution is 2.26. The van der Waals surface area contributed by atoms with E-state index in [-0.39, 0.29) is 0 Å². The summed E-state index contributed by atoms with van der Waals surface area (Å²) in [6, 6.07) is 9.61. The van der Waals surface area contributed by atoms with E-state index in [1.165, 1.54) is 6.33 Å². The van der Waals surface area contributed by atoms with Crippen LogP contribution >= 0.6 is 0 Å². The van der Waals surface area contributed by atoms with Crippen LogP contribution < -0.4 is 5.73 Å². The number of pyridine rings is 1. The molecule has 3 aromatic rings. The van der Waals surface area contributed by atoms with E-state index in [1.807, 2.05) is 24.3 Å². The number of para-hydroxylation sites is 1. The number of nitrogens with one attached hydrogen (secondary N) is 1. The molecule has 0 unspecified atom stereocenters. The molecule has 92 valence electrons. The topological polar surface area (TPSA) is 104 Å². The van der Waals surface area contributed by atoms with E-state index < -0.39 is 0 Å². The summed E-state index contributed by atoms with van der Waals surface area (Å²) in [6.07, 6.45) is 1.82. The molecule has 6 heteroatoms. The monoisotopic (exact) mass is 250 g/mol. The van der Waals surface area contributed by atoms with Crippen LogP contribution in [0.2, 0.25) is 0 Å². The number of rotatable bonds is 2. The van der Waals surface area contributed by atoms with E-state index >= 15 is 0 Å². The van der Waals surface area contributed by atoms with Crippen molar-refractivity contribution in [3.8, 4) is 6.07 Å². The standard InChI is InChI=1S/C13H10N6/c14-6-9-11(5-12-16-7-17-19-12)18-10-4-2-1-3-8(10)13(9)15/h1-4,7H,5H2,(H2,15,18)(H,16,17,19). The number of fused-ring (bicyclic) bond motifs is 1. The van der Waals surface area contributed by atoms with Crippen molar-refractivity contribution in [2.75, 3.05) is 5.73 Å². The first-order chi connectivity index (χ1) is 9.29. The summed E-state index contributed by atoms with van der Waals surface area (Å²) < 4.78 is 0. The van der Waals surface area contributed by atoms with E-state index in [0.717, 1.165) is 10.9 Å². The van der Waals surface area contributed by atoms with Crippen LogP contribution in [0.15, 0.2) is 30.6 Å². The highest BCUT2D eigenvalue weighted by molar-refractivity contribution is 5.93. The molecule has 0 aliphatic rings. The maximum atomic E-state index is 9.27. The van der Waals surface area contributed by atoms with Crippen LogP contribution in [0.3, 0.4) is 0 Å². The number of hydrogen-bond acceptors (Lipinski definition) is 5. The average molecular weight is 250 g/mol. The van der Waals surface area contributed by atoms with Crippen molar-refractivity contribution in [1.29, 1.82) is 5.26 Å². The fourth-order valence-corrected chi connectivity index (χ4v) is 2.02. The Bertz CT molecular complexity index is 770. The summed E-state index contributed by atoms with van der Waals surface area (Å²) in [5.74, 6) is 0.652. The molecule has 0 bridgehead atoms. The Morgan fingerprint density at radius 1 is 1.32 bits per heavy atom. The van der Waals surface area contributed by atoms with E-state index in [1.54, 1.807) is 0 Å². The predicted octanol–water partition coefficient (Wildman–Crippen LogP) is 1.40. The molecule has 0 radical (unpaired) electrons. The van der Waals surface area contributed by atoms with E-state index in [4.69, 9.17) is 5.73 Å². The van der Waals surface area contributed by atoms with Crippen molar-refractivity contribution in [1.82, 2.24) is 20.2 Å². The van der Waals surface area contributed by atoms with Crippen LogP contribution in [0.1, 0.15) is 17.1 Å². The molecule has 2 heterocycles. The molecule has 3 N–H and O–H groups in total. The molecule has 0 spiro atoms. The number of H-pyrrole nitrogens is 1. The molecule has 19 heavy (non-hydrogen) atoms. The fraction of sp³-hybridized carbons (Fsp3) is 0.0769. The van der Waals surface area contributed by atoms with Crippen LogP contribution in [-0.2, 0) is 6.42 Å². The SMILES string of the molecule is N#Cc1c(Cc2ncn[nH]2)nc2ccccc2c1N. The fourth-order valence-electron chi connectivity index (χ4n) is 2.02. The third-order valence-electron chi connectivity index (χ3n) is 2.92. The lowest BCUT2D eigenvalue weighted by Gasteiger charge is -2.08. The van der Waals surface area contributed by atoms with Gasteiger partial charge in [0.2, 0.25) is 0 Å². The molecule has 0 saturated heterocycles. The van der Waals surface area contributed by atoms with Crippen LogP contribution in [0.25, 0.3) is 10.9 Å². The van der Waals surface area contributed by atoms with Crippen molar-refractivity contribution in [3.05, 3.63) is 47.7 Å². The second kappa shape index (κ2) is 4.38.